The van der Waals surface area contributed by atoms with E-state index in [1.54, 1.807) is 6.21 Å². The lowest BCUT2D eigenvalue weighted by atomic mass is 9.84. The van der Waals surface area contributed by atoms with Crippen LogP contribution < -0.4 is 10.7 Å². The Labute approximate surface area is 172 Å². The van der Waals surface area contributed by atoms with E-state index in [1.165, 1.54) is 0 Å². The molecule has 1 amide bonds. The number of nitrogens with zero attached hydrogens (tertiary/aromatic N) is 3. The van der Waals surface area contributed by atoms with E-state index < -0.39 is 17.2 Å². The van der Waals surface area contributed by atoms with Crippen LogP contribution in [-0.2, 0) is 9.47 Å². The third-order valence-corrected chi connectivity index (χ3v) is 4.67. The molecule has 0 fully saturated rings. The Balaban J connectivity index is 1.61. The topological polar surface area (TPSA) is 87.6 Å². The molecular weight excluding hydrogens is 370 g/mol. The van der Waals surface area contributed by atoms with E-state index in [2.05, 4.69) is 26.8 Å². The number of amides is 1. The van der Waals surface area contributed by atoms with Crippen LogP contribution in [0.4, 0.5) is 4.79 Å². The summed E-state index contributed by atoms with van der Waals surface area (Å²) in [7, 11) is 0. The largest absolute Gasteiger partial charge is 0.444 e. The van der Waals surface area contributed by atoms with Crippen LogP contribution >= 0.6 is 0 Å². The van der Waals surface area contributed by atoms with Gasteiger partial charge in [-0.1, -0.05) is 6.08 Å². The first-order valence-electron chi connectivity index (χ1n) is 10.1. The van der Waals surface area contributed by atoms with Crippen molar-refractivity contribution in [3.63, 3.8) is 0 Å². The minimum atomic E-state index is -0.524. The van der Waals surface area contributed by atoms with Crippen molar-refractivity contribution in [2.45, 2.75) is 51.4 Å². The zero-order chi connectivity index (χ0) is 20.9. The van der Waals surface area contributed by atoms with E-state index in [0.717, 1.165) is 17.8 Å². The fourth-order valence-corrected chi connectivity index (χ4v) is 3.51. The van der Waals surface area contributed by atoms with Crippen molar-refractivity contribution in [1.29, 1.82) is 0 Å². The normalized spacial score (nSPS) is 25.3. The van der Waals surface area contributed by atoms with Crippen molar-refractivity contribution < 1.29 is 14.3 Å². The molecule has 2 atom stereocenters. The molecule has 3 aliphatic rings. The Morgan fingerprint density at radius 2 is 2.14 bits per heavy atom. The maximum atomic E-state index is 11.8. The van der Waals surface area contributed by atoms with Gasteiger partial charge in [0, 0.05) is 25.9 Å². The van der Waals surface area contributed by atoms with Gasteiger partial charge in [0.05, 0.1) is 18.0 Å². The van der Waals surface area contributed by atoms with Crippen molar-refractivity contribution in [3.05, 3.63) is 36.1 Å². The molecule has 0 aromatic rings. The lowest BCUT2D eigenvalue weighted by Gasteiger charge is -2.41. The molecule has 0 bridgehead atoms. The monoisotopic (exact) mass is 401 g/mol. The highest BCUT2D eigenvalue weighted by Crippen LogP contribution is 2.39. The number of carbonyl (C=O) groups excluding carboxylic acids is 1. The molecule has 3 rings (SSSR count). The number of hydrogen-bond donors (Lipinski definition) is 2. The summed E-state index contributed by atoms with van der Waals surface area (Å²) < 4.78 is 10.9. The molecule has 2 heterocycles. The first-order valence-corrected chi connectivity index (χ1v) is 10.1. The van der Waals surface area contributed by atoms with Crippen molar-refractivity contribution >= 4 is 18.0 Å². The average Bonchev–Trinajstić information content (AvgIpc) is 2.96. The van der Waals surface area contributed by atoms with Gasteiger partial charge in [-0.05, 0) is 58.4 Å². The summed E-state index contributed by atoms with van der Waals surface area (Å²) in [6, 6.07) is 0. The van der Waals surface area contributed by atoms with Crippen molar-refractivity contribution in [1.82, 2.24) is 15.8 Å². The van der Waals surface area contributed by atoms with Crippen LogP contribution in [0, 0.1) is 0 Å². The maximum Gasteiger partial charge on any atom is 0.407 e. The van der Waals surface area contributed by atoms with Crippen LogP contribution in [0.15, 0.2) is 46.1 Å². The number of carbonyl (C=O) groups is 1. The second kappa shape index (κ2) is 9.02. The number of allylic oxidation sites excluding steroid dienone is 3. The molecule has 29 heavy (non-hydrogen) atoms. The molecule has 8 nitrogen and oxygen atoms in total. The van der Waals surface area contributed by atoms with Gasteiger partial charge in [-0.15, -0.1) is 0 Å². The lowest BCUT2D eigenvalue weighted by molar-refractivity contribution is 0.0288. The number of nitrogens with one attached hydrogen (secondary N) is 2. The molecule has 8 heteroatoms. The number of rotatable bonds is 8. The first kappa shape index (κ1) is 21.4. The van der Waals surface area contributed by atoms with Crippen LogP contribution in [0.25, 0.3) is 0 Å². The van der Waals surface area contributed by atoms with Gasteiger partial charge in [0.25, 0.3) is 0 Å². The van der Waals surface area contributed by atoms with Crippen molar-refractivity contribution in [2.75, 3.05) is 26.3 Å². The molecule has 0 aromatic carbocycles. The van der Waals surface area contributed by atoms with Gasteiger partial charge >= 0.3 is 6.09 Å². The fourth-order valence-electron chi connectivity index (χ4n) is 3.51. The summed E-state index contributed by atoms with van der Waals surface area (Å²) in [4.78, 5) is 21.2. The molecule has 0 radical (unpaired) electrons. The van der Waals surface area contributed by atoms with Crippen molar-refractivity contribution in [2.24, 2.45) is 9.98 Å². The van der Waals surface area contributed by atoms with E-state index in [-0.39, 0.29) is 6.17 Å². The summed E-state index contributed by atoms with van der Waals surface area (Å²) in [6.07, 6.45) is 12.1. The molecule has 2 aliphatic heterocycles. The predicted molar refractivity (Wildman–Crippen MR) is 114 cm³/mol. The Hall–Kier alpha value is -2.29. The van der Waals surface area contributed by atoms with Gasteiger partial charge in [0.1, 0.15) is 17.3 Å². The van der Waals surface area contributed by atoms with Crippen LogP contribution in [-0.4, -0.2) is 66.6 Å². The summed E-state index contributed by atoms with van der Waals surface area (Å²) in [5, 5.41) is 4.91. The summed E-state index contributed by atoms with van der Waals surface area (Å²) in [5.74, 6) is 0. The van der Waals surface area contributed by atoms with E-state index in [9.17, 15) is 4.79 Å². The van der Waals surface area contributed by atoms with Crippen LogP contribution in [0.5, 0.6) is 0 Å². The number of dihydropyridines is 1. The standard InChI is InChI=1S/C21H31N5O3/c1-5-28-15-18-25-17-10-6-9-16-21(17,11-7-12-22-16)26(18)24-14-8-13-23-19(27)29-20(2,3)4/h6-7,9-12,18,24H,5,8,13-15H2,1-4H3,(H,23,27). The minimum Gasteiger partial charge on any atom is -0.444 e. The number of alkyl carbamates (subject to hydrolysis) is 1. The number of hydrazine groups is 1. The molecular formula is C21H31N5O3. The highest BCUT2D eigenvalue weighted by Gasteiger charge is 2.51. The predicted octanol–water partition coefficient (Wildman–Crippen LogP) is 2.36. The van der Waals surface area contributed by atoms with Crippen LogP contribution in [0.3, 0.4) is 0 Å². The van der Waals surface area contributed by atoms with Gasteiger partial charge in [-0.3, -0.25) is 15.4 Å². The first-order chi connectivity index (χ1) is 13.9. The minimum absolute atomic E-state index is 0.159. The molecule has 2 unspecified atom stereocenters. The summed E-state index contributed by atoms with van der Waals surface area (Å²) in [6.45, 7) is 9.82. The Morgan fingerprint density at radius 1 is 1.31 bits per heavy atom. The van der Waals surface area contributed by atoms with Crippen LogP contribution in [0.2, 0.25) is 0 Å². The van der Waals surface area contributed by atoms with Gasteiger partial charge in [0.15, 0.2) is 0 Å². The molecule has 2 N–H and O–H groups in total. The average molecular weight is 402 g/mol. The highest BCUT2D eigenvalue weighted by molar-refractivity contribution is 6.10. The highest BCUT2D eigenvalue weighted by atomic mass is 16.6. The molecule has 158 valence electrons. The fraction of sp³-hybridized carbons (Fsp3) is 0.571. The van der Waals surface area contributed by atoms with Gasteiger partial charge in [0.2, 0.25) is 0 Å². The molecule has 1 aliphatic carbocycles. The van der Waals surface area contributed by atoms with Gasteiger partial charge in [-0.2, -0.15) is 5.01 Å². The second-order valence-corrected chi connectivity index (χ2v) is 8.03. The zero-order valence-electron chi connectivity index (χ0n) is 17.6. The third kappa shape index (κ3) is 4.83. The number of ether oxygens (including phenoxy) is 2. The third-order valence-electron chi connectivity index (χ3n) is 4.67. The summed E-state index contributed by atoms with van der Waals surface area (Å²) >= 11 is 0. The Morgan fingerprint density at radius 3 is 2.90 bits per heavy atom. The molecule has 1 spiro atoms. The second-order valence-electron chi connectivity index (χ2n) is 8.03. The SMILES string of the molecule is CCOCC1N=C2C=CC=C3N=CC=CC32N1NCCCNC(=O)OC(C)(C)C. The Bertz CT molecular complexity index is 763. The molecule has 0 aromatic heterocycles. The van der Waals surface area contributed by atoms with E-state index in [1.807, 2.05) is 52.0 Å². The summed E-state index contributed by atoms with van der Waals surface area (Å²) in [5.41, 5.74) is 4.36. The van der Waals surface area contributed by atoms with E-state index in [0.29, 0.717) is 26.3 Å². The smallest absolute Gasteiger partial charge is 0.407 e. The molecule has 0 saturated carbocycles. The van der Waals surface area contributed by atoms with E-state index in [4.69, 9.17) is 14.5 Å². The lowest BCUT2D eigenvalue weighted by Crippen LogP contribution is -2.60. The van der Waals surface area contributed by atoms with Crippen molar-refractivity contribution in [3.8, 4) is 0 Å². The zero-order valence-corrected chi connectivity index (χ0v) is 17.6. The number of aliphatic imine (C=N–C) groups is 2. The number of hydrogen-bond acceptors (Lipinski definition) is 7. The van der Waals surface area contributed by atoms with Crippen LogP contribution in [0.1, 0.15) is 34.1 Å². The quantitative estimate of drug-likeness (QED) is 0.610. The van der Waals surface area contributed by atoms with E-state index >= 15 is 0 Å². The maximum absolute atomic E-state index is 11.8. The van der Waals surface area contributed by atoms with Gasteiger partial charge in [-0.25, -0.2) is 4.79 Å². The van der Waals surface area contributed by atoms with Gasteiger partial charge < -0.3 is 14.8 Å². The molecule has 0 saturated heterocycles. The Kier molecular flexibility index (Phi) is 6.66.